The van der Waals surface area contributed by atoms with Gasteiger partial charge in [-0.05, 0) is 42.0 Å². The highest BCUT2D eigenvalue weighted by Gasteiger charge is 2.21. The number of rotatable bonds is 8. The molecule has 11 nitrogen and oxygen atoms in total. The molecule has 0 aliphatic rings. The molecule has 3 aromatic heterocycles. The van der Waals surface area contributed by atoms with Gasteiger partial charge >= 0.3 is 5.69 Å². The van der Waals surface area contributed by atoms with E-state index < -0.39 is 23.2 Å². The summed E-state index contributed by atoms with van der Waals surface area (Å²) in [5, 5.41) is 10.1. The summed E-state index contributed by atoms with van der Waals surface area (Å²) in [5.74, 6) is -1.20. The number of fused-ring (bicyclic) bond motifs is 1. The first-order valence-corrected chi connectivity index (χ1v) is 11.3. The second-order valence-electron chi connectivity index (χ2n) is 8.25. The average molecular weight is 558 g/mol. The summed E-state index contributed by atoms with van der Waals surface area (Å²) in [4.78, 5) is 32.7. The Morgan fingerprint density at radius 3 is 2.62 bits per heavy atom. The predicted molar refractivity (Wildman–Crippen MR) is 140 cm³/mol. The molecule has 39 heavy (non-hydrogen) atoms. The van der Waals surface area contributed by atoms with Crippen LogP contribution in [-0.2, 0) is 25.0 Å². The SMILES string of the molecule is COc1cc(-c2cncc3c2n(C)c(=O)n3CC(=O)Nc2ccc(F)cc2)cc(F)c1OCc1nnc[nH]1.Cl. The number of carbonyl (C=O) groups excluding carboxylic acids is 1. The fourth-order valence-electron chi connectivity index (χ4n) is 4.07. The van der Waals surface area contributed by atoms with Crippen molar-refractivity contribution in [2.24, 2.45) is 7.05 Å². The molecular formula is C25H22ClF2N7O4. The van der Waals surface area contributed by atoms with E-state index in [2.05, 4.69) is 25.5 Å². The Labute approximate surface area is 225 Å². The molecule has 0 saturated carbocycles. The summed E-state index contributed by atoms with van der Waals surface area (Å²) in [5.41, 5.74) is 1.55. The topological polar surface area (TPSA) is 129 Å². The molecule has 0 aliphatic carbocycles. The van der Waals surface area contributed by atoms with E-state index in [1.165, 1.54) is 65.3 Å². The number of methoxy groups -OCH3 is 1. The summed E-state index contributed by atoms with van der Waals surface area (Å²) in [7, 11) is 2.93. The number of benzene rings is 2. The van der Waals surface area contributed by atoms with Crippen LogP contribution in [0.15, 0.2) is 59.9 Å². The fraction of sp³-hybridized carbons (Fsp3) is 0.160. The van der Waals surface area contributed by atoms with Crippen LogP contribution in [0.25, 0.3) is 22.2 Å². The van der Waals surface area contributed by atoms with Crippen LogP contribution in [0.3, 0.4) is 0 Å². The molecule has 0 atom stereocenters. The molecule has 0 bridgehead atoms. The van der Waals surface area contributed by atoms with Crippen molar-refractivity contribution >= 4 is 35.0 Å². The summed E-state index contributed by atoms with van der Waals surface area (Å²) in [6.07, 6.45) is 4.33. The maximum Gasteiger partial charge on any atom is 0.329 e. The van der Waals surface area contributed by atoms with Crippen LogP contribution in [0.1, 0.15) is 5.82 Å². The first-order valence-electron chi connectivity index (χ1n) is 11.3. The van der Waals surface area contributed by atoms with Crippen LogP contribution in [0.2, 0.25) is 0 Å². The van der Waals surface area contributed by atoms with Crippen LogP contribution >= 0.6 is 12.4 Å². The zero-order valence-corrected chi connectivity index (χ0v) is 21.5. The van der Waals surface area contributed by atoms with Gasteiger partial charge < -0.3 is 19.8 Å². The zero-order valence-electron chi connectivity index (χ0n) is 20.6. The van der Waals surface area contributed by atoms with Gasteiger partial charge in [0.25, 0.3) is 0 Å². The van der Waals surface area contributed by atoms with Crippen molar-refractivity contribution in [2.45, 2.75) is 13.2 Å². The maximum absolute atomic E-state index is 15.2. The number of aryl methyl sites for hydroxylation is 1. The first kappa shape index (κ1) is 27.3. The second-order valence-corrected chi connectivity index (χ2v) is 8.25. The van der Waals surface area contributed by atoms with Crippen molar-refractivity contribution in [3.8, 4) is 22.6 Å². The van der Waals surface area contributed by atoms with Gasteiger partial charge in [-0.3, -0.25) is 18.9 Å². The standard InChI is InChI=1S/C25H21F2N7O4.ClH/c1-33-23-17(14-7-18(27)24(20(8-14)37-2)38-12-21-29-13-30-32-21)9-28-10-19(23)34(25(33)36)11-22(35)31-16-5-3-15(26)4-6-16;/h3-10,13H,11-12H2,1-2H3,(H,31,35)(H,29,30,32);1H. The lowest BCUT2D eigenvalue weighted by Gasteiger charge is -2.13. The number of hydrogen-bond donors (Lipinski definition) is 2. The number of anilines is 1. The zero-order chi connectivity index (χ0) is 26.8. The van der Waals surface area contributed by atoms with E-state index >= 15 is 4.39 Å². The van der Waals surface area contributed by atoms with Gasteiger partial charge in [-0.1, -0.05) is 0 Å². The number of amides is 1. The Morgan fingerprint density at radius 2 is 1.92 bits per heavy atom. The van der Waals surface area contributed by atoms with Gasteiger partial charge in [0.2, 0.25) is 5.91 Å². The Bertz CT molecular complexity index is 1690. The van der Waals surface area contributed by atoms with Gasteiger partial charge in [-0.25, -0.2) is 13.6 Å². The lowest BCUT2D eigenvalue weighted by molar-refractivity contribution is -0.116. The van der Waals surface area contributed by atoms with Gasteiger partial charge in [-0.15, -0.1) is 22.6 Å². The number of carbonyl (C=O) groups is 1. The van der Waals surface area contributed by atoms with Gasteiger partial charge in [-0.2, -0.15) is 0 Å². The monoisotopic (exact) mass is 557 g/mol. The second kappa shape index (κ2) is 11.3. The number of nitrogens with zero attached hydrogens (tertiary/aromatic N) is 5. The molecule has 1 amide bonds. The smallest absolute Gasteiger partial charge is 0.329 e. The fourth-order valence-corrected chi connectivity index (χ4v) is 4.07. The summed E-state index contributed by atoms with van der Waals surface area (Å²) < 4.78 is 41.9. The number of ether oxygens (including phenoxy) is 2. The van der Waals surface area contributed by atoms with Crippen LogP contribution < -0.4 is 20.5 Å². The molecule has 14 heteroatoms. The van der Waals surface area contributed by atoms with E-state index in [1.54, 1.807) is 13.1 Å². The molecule has 5 rings (SSSR count). The third kappa shape index (κ3) is 5.43. The van der Waals surface area contributed by atoms with Crippen molar-refractivity contribution < 1.29 is 23.0 Å². The quantitative estimate of drug-likeness (QED) is 0.299. The molecule has 0 radical (unpaired) electrons. The molecule has 0 unspecified atom stereocenters. The Hall–Kier alpha value is -4.78. The van der Waals surface area contributed by atoms with Crippen molar-refractivity contribution in [1.29, 1.82) is 0 Å². The summed E-state index contributed by atoms with van der Waals surface area (Å²) >= 11 is 0. The molecule has 3 heterocycles. The number of nitrogens with one attached hydrogen (secondary N) is 2. The molecule has 0 aliphatic heterocycles. The lowest BCUT2D eigenvalue weighted by atomic mass is 10.1. The van der Waals surface area contributed by atoms with Crippen LogP contribution in [0.4, 0.5) is 14.5 Å². The highest BCUT2D eigenvalue weighted by molar-refractivity contribution is 5.95. The highest BCUT2D eigenvalue weighted by atomic mass is 35.5. The van der Waals surface area contributed by atoms with E-state index in [4.69, 9.17) is 9.47 Å². The van der Waals surface area contributed by atoms with Crippen LogP contribution in [0, 0.1) is 11.6 Å². The minimum atomic E-state index is -0.695. The number of halogens is 3. The number of pyridine rings is 1. The predicted octanol–water partition coefficient (Wildman–Crippen LogP) is 3.45. The molecule has 0 spiro atoms. The number of imidazole rings is 1. The van der Waals surface area contributed by atoms with Crippen LogP contribution in [-0.4, -0.2) is 42.3 Å². The Balaban J connectivity index is 0.00000353. The molecule has 202 valence electrons. The van der Waals surface area contributed by atoms with Crippen molar-refractivity contribution in [2.75, 3.05) is 12.4 Å². The van der Waals surface area contributed by atoms with E-state index in [-0.39, 0.29) is 37.1 Å². The minimum absolute atomic E-state index is 0. The number of hydrogen-bond acceptors (Lipinski definition) is 7. The van der Waals surface area contributed by atoms with Gasteiger partial charge in [0, 0.05) is 24.5 Å². The number of H-pyrrole nitrogens is 1. The van der Waals surface area contributed by atoms with Crippen molar-refractivity contribution in [3.05, 3.63) is 83.1 Å². The molecule has 0 fully saturated rings. The summed E-state index contributed by atoms with van der Waals surface area (Å²) in [6.45, 7) is -0.369. The molecule has 2 aromatic carbocycles. The van der Waals surface area contributed by atoms with Gasteiger partial charge in [0.05, 0.1) is 24.3 Å². The third-order valence-electron chi connectivity index (χ3n) is 5.83. The lowest BCUT2D eigenvalue weighted by Crippen LogP contribution is -2.28. The van der Waals surface area contributed by atoms with E-state index in [9.17, 15) is 14.0 Å². The molecular weight excluding hydrogens is 536 g/mol. The molecule has 2 N–H and O–H groups in total. The normalized spacial score (nSPS) is 10.8. The largest absolute Gasteiger partial charge is 0.493 e. The Kier molecular flexibility index (Phi) is 7.91. The number of aromatic nitrogens is 6. The van der Waals surface area contributed by atoms with E-state index in [0.29, 0.717) is 33.7 Å². The summed E-state index contributed by atoms with van der Waals surface area (Å²) in [6, 6.07) is 8.08. The molecule has 5 aromatic rings. The Morgan fingerprint density at radius 1 is 1.15 bits per heavy atom. The van der Waals surface area contributed by atoms with E-state index in [1.807, 2.05) is 0 Å². The van der Waals surface area contributed by atoms with Gasteiger partial charge in [0.15, 0.2) is 23.1 Å². The minimum Gasteiger partial charge on any atom is -0.493 e. The first-order chi connectivity index (χ1) is 18.4. The van der Waals surface area contributed by atoms with E-state index in [0.717, 1.165) is 0 Å². The van der Waals surface area contributed by atoms with Crippen molar-refractivity contribution in [3.63, 3.8) is 0 Å². The highest BCUT2D eigenvalue weighted by Crippen LogP contribution is 2.37. The van der Waals surface area contributed by atoms with Crippen LogP contribution in [0.5, 0.6) is 11.5 Å². The maximum atomic E-state index is 15.2. The average Bonchev–Trinajstić information content (AvgIpc) is 3.52. The van der Waals surface area contributed by atoms with Gasteiger partial charge in [0.1, 0.15) is 25.3 Å². The molecule has 0 saturated heterocycles. The van der Waals surface area contributed by atoms with Crippen molar-refractivity contribution in [1.82, 2.24) is 29.3 Å². The third-order valence-corrected chi connectivity index (χ3v) is 5.83. The number of aromatic amines is 1.